The van der Waals surface area contributed by atoms with Crippen molar-refractivity contribution in [3.05, 3.63) is 0 Å². The lowest BCUT2D eigenvalue weighted by Gasteiger charge is -2.35. The number of hydrogen-bond acceptors (Lipinski definition) is 3. The molecule has 6 nitrogen and oxygen atoms in total. The molecular formula is C14H26N2O4. The highest BCUT2D eigenvalue weighted by atomic mass is 16.4. The van der Waals surface area contributed by atoms with Crippen LogP contribution in [0.5, 0.6) is 0 Å². The van der Waals surface area contributed by atoms with Crippen LogP contribution in [0.2, 0.25) is 0 Å². The van der Waals surface area contributed by atoms with Gasteiger partial charge in [0.25, 0.3) is 0 Å². The van der Waals surface area contributed by atoms with Crippen LogP contribution < -0.4 is 5.32 Å². The first-order chi connectivity index (χ1) is 9.36. The van der Waals surface area contributed by atoms with Crippen molar-refractivity contribution in [3.8, 4) is 0 Å². The molecule has 0 aromatic carbocycles. The van der Waals surface area contributed by atoms with Crippen molar-refractivity contribution < 1.29 is 19.8 Å². The number of nitrogens with zero attached hydrogens (tertiary/aromatic N) is 1. The summed E-state index contributed by atoms with van der Waals surface area (Å²) in [7, 11) is 0. The number of aliphatic hydroxyl groups is 1. The number of aliphatic hydroxyl groups excluding tert-OH is 1. The van der Waals surface area contributed by atoms with Crippen molar-refractivity contribution >= 4 is 12.0 Å². The molecule has 2 unspecified atom stereocenters. The second kappa shape index (κ2) is 6.92. The Hall–Kier alpha value is -1.30. The van der Waals surface area contributed by atoms with Crippen LogP contribution in [-0.2, 0) is 4.79 Å². The molecule has 0 radical (unpaired) electrons. The predicted octanol–water partition coefficient (Wildman–Crippen LogP) is 1.29. The van der Waals surface area contributed by atoms with Crippen molar-refractivity contribution in [2.75, 3.05) is 19.6 Å². The molecule has 116 valence electrons. The molecule has 0 aromatic heterocycles. The summed E-state index contributed by atoms with van der Waals surface area (Å²) in [5.74, 6) is -0.682. The Kier molecular flexibility index (Phi) is 5.80. The number of likely N-dealkylation sites (tertiary alicyclic amines) is 1. The van der Waals surface area contributed by atoms with Crippen molar-refractivity contribution in [1.29, 1.82) is 0 Å². The van der Waals surface area contributed by atoms with Gasteiger partial charge in [0.05, 0.1) is 11.5 Å². The highest BCUT2D eigenvalue weighted by molar-refractivity contribution is 5.78. The average Bonchev–Trinajstić information content (AvgIpc) is 2.43. The zero-order chi connectivity index (χ0) is 15.3. The topological polar surface area (TPSA) is 89.9 Å². The summed E-state index contributed by atoms with van der Waals surface area (Å²) in [5.41, 5.74) is -0.905. The SMILES string of the molecule is CCC(CC)(CNC(=O)N1CCC(C)C(O)C1)C(=O)O. The molecule has 0 saturated carbocycles. The van der Waals surface area contributed by atoms with Crippen LogP contribution in [-0.4, -0.2) is 52.9 Å². The maximum atomic E-state index is 12.1. The van der Waals surface area contributed by atoms with Gasteiger partial charge in [-0.3, -0.25) is 4.79 Å². The van der Waals surface area contributed by atoms with E-state index in [4.69, 9.17) is 0 Å². The lowest BCUT2D eigenvalue weighted by Crippen LogP contribution is -2.52. The molecule has 0 spiro atoms. The van der Waals surface area contributed by atoms with Gasteiger partial charge in [-0.2, -0.15) is 0 Å². The van der Waals surface area contributed by atoms with E-state index in [1.54, 1.807) is 4.90 Å². The number of carbonyl (C=O) groups is 2. The monoisotopic (exact) mass is 286 g/mol. The molecule has 1 aliphatic heterocycles. The summed E-state index contributed by atoms with van der Waals surface area (Å²) in [4.78, 5) is 25.0. The van der Waals surface area contributed by atoms with Gasteiger partial charge in [-0.05, 0) is 25.2 Å². The molecule has 1 fully saturated rings. The molecule has 6 heteroatoms. The first kappa shape index (κ1) is 16.8. The lowest BCUT2D eigenvalue weighted by molar-refractivity contribution is -0.149. The Morgan fingerprint density at radius 2 is 1.95 bits per heavy atom. The van der Waals surface area contributed by atoms with Crippen molar-refractivity contribution in [2.45, 2.75) is 46.1 Å². The molecule has 2 atom stereocenters. The number of piperidine rings is 1. The summed E-state index contributed by atoms with van der Waals surface area (Å²) in [6.07, 6.45) is 1.20. The highest BCUT2D eigenvalue weighted by Crippen LogP contribution is 2.26. The largest absolute Gasteiger partial charge is 0.481 e. The standard InChI is InChI=1S/C14H26N2O4/c1-4-14(5-2,12(18)19)9-15-13(20)16-7-6-10(3)11(17)8-16/h10-11,17H,4-9H2,1-3H3,(H,15,20)(H,18,19). The summed E-state index contributed by atoms with van der Waals surface area (Å²) in [6, 6.07) is -0.288. The normalized spacial score (nSPS) is 23.5. The van der Waals surface area contributed by atoms with Gasteiger partial charge >= 0.3 is 12.0 Å². The van der Waals surface area contributed by atoms with E-state index < -0.39 is 17.5 Å². The first-order valence-electron chi connectivity index (χ1n) is 7.30. The zero-order valence-electron chi connectivity index (χ0n) is 12.6. The van der Waals surface area contributed by atoms with Crippen LogP contribution in [0.15, 0.2) is 0 Å². The maximum Gasteiger partial charge on any atom is 0.317 e. The number of rotatable bonds is 5. The quantitative estimate of drug-likeness (QED) is 0.710. The van der Waals surface area contributed by atoms with E-state index in [0.29, 0.717) is 25.9 Å². The van der Waals surface area contributed by atoms with E-state index >= 15 is 0 Å². The fraction of sp³-hybridized carbons (Fsp3) is 0.857. The van der Waals surface area contributed by atoms with Gasteiger partial charge < -0.3 is 20.4 Å². The number of urea groups is 1. The molecular weight excluding hydrogens is 260 g/mol. The Morgan fingerprint density at radius 1 is 1.35 bits per heavy atom. The molecule has 3 N–H and O–H groups in total. The van der Waals surface area contributed by atoms with Gasteiger partial charge in [-0.1, -0.05) is 20.8 Å². The van der Waals surface area contributed by atoms with Crippen LogP contribution in [0.25, 0.3) is 0 Å². The van der Waals surface area contributed by atoms with Gasteiger partial charge in [-0.15, -0.1) is 0 Å². The number of carboxylic acids is 1. The number of carboxylic acid groups (broad SMARTS) is 1. The van der Waals surface area contributed by atoms with Gasteiger partial charge in [0.1, 0.15) is 0 Å². The number of β-amino-alcohol motifs (C(OH)–C–C–N with tert-alkyl or cyclic N) is 1. The maximum absolute atomic E-state index is 12.1. The Labute approximate surface area is 120 Å². The minimum absolute atomic E-state index is 0.121. The fourth-order valence-electron chi connectivity index (χ4n) is 2.47. The zero-order valence-corrected chi connectivity index (χ0v) is 12.6. The van der Waals surface area contributed by atoms with Gasteiger partial charge in [0, 0.05) is 19.6 Å². The Balaban J connectivity index is 2.56. The third kappa shape index (κ3) is 3.62. The molecule has 1 rings (SSSR count). The summed E-state index contributed by atoms with van der Waals surface area (Å²) < 4.78 is 0. The number of amides is 2. The van der Waals surface area contributed by atoms with E-state index in [9.17, 15) is 19.8 Å². The first-order valence-corrected chi connectivity index (χ1v) is 7.30. The van der Waals surface area contributed by atoms with Crippen LogP contribution >= 0.6 is 0 Å². The highest BCUT2D eigenvalue weighted by Gasteiger charge is 2.36. The smallest absolute Gasteiger partial charge is 0.317 e. The van der Waals surface area contributed by atoms with Crippen LogP contribution in [0.4, 0.5) is 4.79 Å². The van der Waals surface area contributed by atoms with Gasteiger partial charge in [0.2, 0.25) is 0 Å². The van der Waals surface area contributed by atoms with Gasteiger partial charge in [0.15, 0.2) is 0 Å². The summed E-state index contributed by atoms with van der Waals surface area (Å²) in [5, 5.41) is 21.8. The van der Waals surface area contributed by atoms with Crippen LogP contribution in [0.3, 0.4) is 0 Å². The summed E-state index contributed by atoms with van der Waals surface area (Å²) in [6.45, 7) is 6.62. The molecule has 1 aliphatic rings. The molecule has 20 heavy (non-hydrogen) atoms. The van der Waals surface area contributed by atoms with Crippen LogP contribution in [0, 0.1) is 11.3 Å². The third-order valence-corrected chi connectivity index (χ3v) is 4.59. The molecule has 0 aromatic rings. The van der Waals surface area contributed by atoms with E-state index in [0.717, 1.165) is 6.42 Å². The number of aliphatic carboxylic acids is 1. The molecule has 2 amide bonds. The number of nitrogens with one attached hydrogen (secondary N) is 1. The number of carbonyl (C=O) groups excluding carboxylic acids is 1. The van der Waals surface area contributed by atoms with Crippen molar-refractivity contribution in [1.82, 2.24) is 10.2 Å². The molecule has 0 bridgehead atoms. The van der Waals surface area contributed by atoms with Gasteiger partial charge in [-0.25, -0.2) is 4.79 Å². The van der Waals surface area contributed by atoms with Crippen molar-refractivity contribution in [3.63, 3.8) is 0 Å². The average molecular weight is 286 g/mol. The number of hydrogen-bond donors (Lipinski definition) is 3. The fourth-order valence-corrected chi connectivity index (χ4v) is 2.47. The predicted molar refractivity (Wildman–Crippen MR) is 75.4 cm³/mol. The van der Waals surface area contributed by atoms with E-state index in [1.807, 2.05) is 20.8 Å². The Morgan fingerprint density at radius 3 is 2.40 bits per heavy atom. The molecule has 1 heterocycles. The van der Waals surface area contributed by atoms with E-state index in [2.05, 4.69) is 5.32 Å². The Bertz CT molecular complexity index is 355. The van der Waals surface area contributed by atoms with Crippen molar-refractivity contribution in [2.24, 2.45) is 11.3 Å². The second-order valence-electron chi connectivity index (χ2n) is 5.73. The van der Waals surface area contributed by atoms with E-state index in [-0.39, 0.29) is 18.5 Å². The third-order valence-electron chi connectivity index (χ3n) is 4.59. The summed E-state index contributed by atoms with van der Waals surface area (Å²) >= 11 is 0. The van der Waals surface area contributed by atoms with E-state index in [1.165, 1.54) is 0 Å². The molecule has 0 aliphatic carbocycles. The second-order valence-corrected chi connectivity index (χ2v) is 5.73. The molecule has 1 saturated heterocycles. The van der Waals surface area contributed by atoms with Crippen LogP contribution in [0.1, 0.15) is 40.0 Å². The lowest BCUT2D eigenvalue weighted by atomic mass is 9.82. The minimum atomic E-state index is -0.905. The minimum Gasteiger partial charge on any atom is -0.481 e.